The maximum Gasteiger partial charge on any atom is 0.255 e. The molecule has 6 nitrogen and oxygen atoms in total. The summed E-state index contributed by atoms with van der Waals surface area (Å²) >= 11 is 0. The standard InChI is InChI=1S/C19H24N4O2/c1-2-23-11-14(9-20-23)10-22-12-16(13-22)25-18-6-4-3-5-17(18)19(24)21-15-7-8-15/h3-6,9,11,15-16H,2,7-8,10,12-13H2,1H3,(H,21,24). The van der Waals surface area contributed by atoms with Crippen molar-refractivity contribution in [1.82, 2.24) is 20.0 Å². The molecule has 1 aliphatic heterocycles. The smallest absolute Gasteiger partial charge is 0.255 e. The van der Waals surface area contributed by atoms with E-state index in [0.29, 0.717) is 17.4 Å². The van der Waals surface area contributed by atoms with E-state index in [4.69, 9.17) is 4.74 Å². The minimum absolute atomic E-state index is 0.0266. The number of amides is 1. The van der Waals surface area contributed by atoms with Crippen molar-refractivity contribution in [1.29, 1.82) is 0 Å². The Labute approximate surface area is 147 Å². The quantitative estimate of drug-likeness (QED) is 0.838. The van der Waals surface area contributed by atoms with Gasteiger partial charge in [0.2, 0.25) is 0 Å². The number of rotatable bonds is 7. The summed E-state index contributed by atoms with van der Waals surface area (Å²) in [6.45, 7) is 5.61. The highest BCUT2D eigenvalue weighted by atomic mass is 16.5. The SMILES string of the molecule is CCn1cc(CN2CC(Oc3ccccc3C(=O)NC3CC3)C2)cn1. The van der Waals surface area contributed by atoms with Gasteiger partial charge in [0, 0.05) is 44.0 Å². The molecule has 0 spiro atoms. The molecule has 0 atom stereocenters. The van der Waals surface area contributed by atoms with Gasteiger partial charge in [-0.25, -0.2) is 0 Å². The molecule has 0 unspecified atom stereocenters. The normalized spacial score (nSPS) is 18.0. The van der Waals surface area contributed by atoms with Crippen molar-refractivity contribution in [3.8, 4) is 5.75 Å². The molecule has 1 saturated heterocycles. The van der Waals surface area contributed by atoms with Crippen molar-refractivity contribution in [2.75, 3.05) is 13.1 Å². The molecule has 1 aromatic carbocycles. The third-order valence-corrected chi connectivity index (χ3v) is 4.68. The molecule has 25 heavy (non-hydrogen) atoms. The molecule has 1 amide bonds. The number of nitrogens with zero attached hydrogens (tertiary/aromatic N) is 3. The Bertz CT molecular complexity index is 747. The average Bonchev–Trinajstić information content (AvgIpc) is 3.28. The van der Waals surface area contributed by atoms with Crippen LogP contribution in [0.3, 0.4) is 0 Å². The number of benzene rings is 1. The molecule has 132 valence electrons. The van der Waals surface area contributed by atoms with Crippen LogP contribution in [0.4, 0.5) is 0 Å². The minimum atomic E-state index is -0.0266. The monoisotopic (exact) mass is 340 g/mol. The first-order valence-corrected chi connectivity index (χ1v) is 9.01. The lowest BCUT2D eigenvalue weighted by Crippen LogP contribution is -2.53. The molecule has 1 aromatic heterocycles. The molecular formula is C19H24N4O2. The van der Waals surface area contributed by atoms with Crippen molar-refractivity contribution in [3.05, 3.63) is 47.8 Å². The summed E-state index contributed by atoms with van der Waals surface area (Å²) in [6, 6.07) is 7.87. The first kappa shape index (κ1) is 16.1. The van der Waals surface area contributed by atoms with Crippen LogP contribution in [0.25, 0.3) is 0 Å². The van der Waals surface area contributed by atoms with Crippen molar-refractivity contribution in [3.63, 3.8) is 0 Å². The summed E-state index contributed by atoms with van der Waals surface area (Å²) in [5.74, 6) is 0.658. The van der Waals surface area contributed by atoms with E-state index < -0.39 is 0 Å². The van der Waals surface area contributed by atoms with Crippen LogP contribution in [0.1, 0.15) is 35.7 Å². The number of aromatic nitrogens is 2. The third-order valence-electron chi connectivity index (χ3n) is 4.68. The number of hydrogen-bond donors (Lipinski definition) is 1. The zero-order valence-corrected chi connectivity index (χ0v) is 14.5. The predicted molar refractivity (Wildman–Crippen MR) is 94.5 cm³/mol. The third kappa shape index (κ3) is 3.85. The number of para-hydroxylation sites is 1. The van der Waals surface area contributed by atoms with Gasteiger partial charge in [-0.3, -0.25) is 14.4 Å². The molecule has 2 heterocycles. The predicted octanol–water partition coefficient (Wildman–Crippen LogP) is 2.06. The zero-order valence-electron chi connectivity index (χ0n) is 14.5. The van der Waals surface area contributed by atoms with Crippen molar-refractivity contribution >= 4 is 5.91 Å². The summed E-state index contributed by atoms with van der Waals surface area (Å²) in [4.78, 5) is 14.7. The molecule has 1 saturated carbocycles. The van der Waals surface area contributed by atoms with E-state index in [1.54, 1.807) is 0 Å². The van der Waals surface area contributed by atoms with Crippen LogP contribution in [-0.4, -0.2) is 45.8 Å². The molecule has 6 heteroatoms. The van der Waals surface area contributed by atoms with Crippen molar-refractivity contribution in [2.45, 2.75) is 45.0 Å². The molecular weight excluding hydrogens is 316 g/mol. The van der Waals surface area contributed by atoms with Crippen molar-refractivity contribution < 1.29 is 9.53 Å². The Kier molecular flexibility index (Phi) is 4.44. The van der Waals surface area contributed by atoms with Gasteiger partial charge >= 0.3 is 0 Å². The van der Waals surface area contributed by atoms with Crippen LogP contribution in [-0.2, 0) is 13.1 Å². The van der Waals surface area contributed by atoms with E-state index in [1.807, 2.05) is 35.1 Å². The van der Waals surface area contributed by atoms with Gasteiger partial charge in [-0.1, -0.05) is 12.1 Å². The number of ether oxygens (including phenoxy) is 1. The number of aryl methyl sites for hydroxylation is 1. The van der Waals surface area contributed by atoms with Gasteiger partial charge in [0.05, 0.1) is 11.8 Å². The van der Waals surface area contributed by atoms with E-state index in [1.165, 1.54) is 5.56 Å². The summed E-state index contributed by atoms with van der Waals surface area (Å²) in [5.41, 5.74) is 1.86. The first-order valence-electron chi connectivity index (χ1n) is 9.01. The number of hydrogen-bond acceptors (Lipinski definition) is 4. The highest BCUT2D eigenvalue weighted by molar-refractivity contribution is 5.97. The molecule has 0 radical (unpaired) electrons. The number of carbonyl (C=O) groups is 1. The van der Waals surface area contributed by atoms with Crippen LogP contribution in [0, 0.1) is 0 Å². The Hall–Kier alpha value is -2.34. The molecule has 0 bridgehead atoms. The molecule has 2 aliphatic rings. The molecule has 2 fully saturated rings. The van der Waals surface area contributed by atoms with Gasteiger partial charge in [-0.15, -0.1) is 0 Å². The van der Waals surface area contributed by atoms with Crippen LogP contribution in [0.2, 0.25) is 0 Å². The summed E-state index contributed by atoms with van der Waals surface area (Å²) in [6.07, 6.45) is 6.32. The largest absolute Gasteiger partial charge is 0.487 e. The summed E-state index contributed by atoms with van der Waals surface area (Å²) in [7, 11) is 0. The van der Waals surface area contributed by atoms with Gasteiger partial charge in [0.25, 0.3) is 5.91 Å². The lowest BCUT2D eigenvalue weighted by Gasteiger charge is -2.39. The van der Waals surface area contributed by atoms with Crippen LogP contribution in [0.5, 0.6) is 5.75 Å². The second-order valence-corrected chi connectivity index (χ2v) is 6.88. The zero-order chi connectivity index (χ0) is 17.2. The second-order valence-electron chi connectivity index (χ2n) is 6.88. The Morgan fingerprint density at radius 2 is 2.12 bits per heavy atom. The maximum atomic E-state index is 12.3. The topological polar surface area (TPSA) is 59.4 Å². The second kappa shape index (κ2) is 6.88. The molecule has 1 aliphatic carbocycles. The fourth-order valence-electron chi connectivity index (χ4n) is 3.07. The summed E-state index contributed by atoms with van der Waals surface area (Å²) in [5, 5.41) is 7.34. The molecule has 4 rings (SSSR count). The highest BCUT2D eigenvalue weighted by Gasteiger charge is 2.30. The Morgan fingerprint density at radius 3 is 2.84 bits per heavy atom. The van der Waals surface area contributed by atoms with E-state index in [0.717, 1.165) is 39.0 Å². The van der Waals surface area contributed by atoms with Gasteiger partial charge in [-0.05, 0) is 31.9 Å². The van der Waals surface area contributed by atoms with E-state index >= 15 is 0 Å². The first-order chi connectivity index (χ1) is 12.2. The molecule has 1 N–H and O–H groups in total. The van der Waals surface area contributed by atoms with Gasteiger partial charge < -0.3 is 10.1 Å². The number of carbonyl (C=O) groups excluding carboxylic acids is 1. The van der Waals surface area contributed by atoms with Gasteiger partial charge in [0.15, 0.2) is 0 Å². The maximum absolute atomic E-state index is 12.3. The van der Waals surface area contributed by atoms with E-state index in [-0.39, 0.29) is 12.0 Å². The van der Waals surface area contributed by atoms with Gasteiger partial charge in [0.1, 0.15) is 11.9 Å². The minimum Gasteiger partial charge on any atom is -0.487 e. The highest BCUT2D eigenvalue weighted by Crippen LogP contribution is 2.25. The lowest BCUT2D eigenvalue weighted by molar-refractivity contribution is 0.0140. The number of likely N-dealkylation sites (tertiary alicyclic amines) is 1. The fraction of sp³-hybridized carbons (Fsp3) is 0.474. The van der Waals surface area contributed by atoms with E-state index in [2.05, 4.69) is 28.4 Å². The fourth-order valence-corrected chi connectivity index (χ4v) is 3.07. The van der Waals surface area contributed by atoms with Crippen molar-refractivity contribution in [2.24, 2.45) is 0 Å². The van der Waals surface area contributed by atoms with Crippen LogP contribution < -0.4 is 10.1 Å². The van der Waals surface area contributed by atoms with E-state index in [9.17, 15) is 4.79 Å². The van der Waals surface area contributed by atoms with Crippen LogP contribution in [0.15, 0.2) is 36.7 Å². The van der Waals surface area contributed by atoms with Gasteiger partial charge in [-0.2, -0.15) is 5.10 Å². The average molecular weight is 340 g/mol. The number of nitrogens with one attached hydrogen (secondary N) is 1. The Balaban J connectivity index is 1.31. The molecule has 2 aromatic rings. The Morgan fingerprint density at radius 1 is 1.32 bits per heavy atom. The van der Waals surface area contributed by atoms with Crippen LogP contribution >= 0.6 is 0 Å². The lowest BCUT2D eigenvalue weighted by atomic mass is 10.1. The summed E-state index contributed by atoms with van der Waals surface area (Å²) < 4.78 is 8.02.